The summed E-state index contributed by atoms with van der Waals surface area (Å²) >= 11 is 0. The van der Waals surface area contributed by atoms with Crippen LogP contribution in [-0.2, 0) is 13.9 Å². The summed E-state index contributed by atoms with van der Waals surface area (Å²) in [5.74, 6) is -0.161. The molecule has 0 heterocycles. The molecule has 1 unspecified atom stereocenters. The van der Waals surface area contributed by atoms with Crippen LogP contribution in [-0.4, -0.2) is 47.4 Å². The molecule has 5 N–H and O–H groups in total. The highest BCUT2D eigenvalue weighted by molar-refractivity contribution is 7.52. The Labute approximate surface area is 272 Å². The standard InChI is InChI=1S/C36H73N2O5P/c1-3-5-7-9-11-13-15-17-19-21-23-25-27-29-35(39)34(33-43-44(41,42)32-31-37)38-36(40)30-28-26-24-22-20-18-16-14-12-10-8-6-4-2/h27,29,34-35,39H,3-26,28,30-33,37H2,1-2H3,(H,38,40)(H,41,42)/t34-,35+/m1/s1. The first-order valence-electron chi connectivity index (χ1n) is 18.7. The Hall–Kier alpha value is -0.720. The van der Waals surface area contributed by atoms with Gasteiger partial charge in [0.25, 0.3) is 0 Å². The molecule has 7 nitrogen and oxygen atoms in total. The maximum atomic E-state index is 12.6. The molecule has 0 bridgehead atoms. The number of hydrogen-bond acceptors (Lipinski definition) is 5. The van der Waals surface area contributed by atoms with E-state index in [9.17, 15) is 19.4 Å². The Kier molecular flexibility index (Phi) is 31.7. The fourth-order valence-electron chi connectivity index (χ4n) is 5.53. The lowest BCUT2D eigenvalue weighted by molar-refractivity contribution is -0.122. The lowest BCUT2D eigenvalue weighted by Crippen LogP contribution is -2.45. The van der Waals surface area contributed by atoms with Crippen molar-refractivity contribution in [1.29, 1.82) is 0 Å². The van der Waals surface area contributed by atoms with E-state index in [1.165, 1.54) is 128 Å². The molecule has 8 heteroatoms. The van der Waals surface area contributed by atoms with Crippen molar-refractivity contribution in [2.45, 2.75) is 193 Å². The molecule has 0 rings (SSSR count). The largest absolute Gasteiger partial charge is 0.387 e. The van der Waals surface area contributed by atoms with E-state index < -0.39 is 19.7 Å². The molecule has 0 saturated carbocycles. The van der Waals surface area contributed by atoms with Crippen molar-refractivity contribution in [1.82, 2.24) is 5.32 Å². The molecular formula is C36H73N2O5P. The summed E-state index contributed by atoms with van der Waals surface area (Å²) in [7, 11) is -3.85. The van der Waals surface area contributed by atoms with E-state index in [4.69, 9.17) is 10.3 Å². The van der Waals surface area contributed by atoms with Gasteiger partial charge in [0.15, 0.2) is 0 Å². The second-order valence-electron chi connectivity index (χ2n) is 12.9. The molecule has 3 atom stereocenters. The van der Waals surface area contributed by atoms with Gasteiger partial charge in [-0.05, 0) is 19.3 Å². The molecule has 0 aromatic carbocycles. The van der Waals surface area contributed by atoms with Gasteiger partial charge >= 0.3 is 7.60 Å². The Morgan fingerprint density at radius 1 is 0.727 bits per heavy atom. The third kappa shape index (κ3) is 30.0. The Balaban J connectivity index is 4.24. The van der Waals surface area contributed by atoms with Gasteiger partial charge in [0.05, 0.1) is 24.9 Å². The number of rotatable bonds is 34. The quantitative estimate of drug-likeness (QED) is 0.0314. The Bertz CT molecular complexity index is 706. The maximum Gasteiger partial charge on any atom is 0.329 e. The van der Waals surface area contributed by atoms with Gasteiger partial charge in [-0.3, -0.25) is 9.36 Å². The molecule has 1 amide bonds. The summed E-state index contributed by atoms with van der Waals surface area (Å²) in [5, 5.41) is 13.6. The van der Waals surface area contributed by atoms with Crippen molar-refractivity contribution in [2.24, 2.45) is 5.73 Å². The minimum atomic E-state index is -3.85. The third-order valence-corrected chi connectivity index (χ3v) is 9.82. The Morgan fingerprint density at radius 2 is 1.14 bits per heavy atom. The molecule has 0 aromatic rings. The van der Waals surface area contributed by atoms with Gasteiger partial charge in [-0.25, -0.2) is 0 Å². The van der Waals surface area contributed by atoms with E-state index in [1.54, 1.807) is 6.08 Å². The zero-order chi connectivity index (χ0) is 32.6. The van der Waals surface area contributed by atoms with Crippen molar-refractivity contribution in [3.8, 4) is 0 Å². The van der Waals surface area contributed by atoms with E-state index in [1.807, 2.05) is 6.08 Å². The third-order valence-electron chi connectivity index (χ3n) is 8.44. The highest BCUT2D eigenvalue weighted by Crippen LogP contribution is 2.41. The zero-order valence-corrected chi connectivity index (χ0v) is 29.9. The molecular weight excluding hydrogens is 571 g/mol. The van der Waals surface area contributed by atoms with Crippen molar-refractivity contribution >= 4 is 13.5 Å². The highest BCUT2D eigenvalue weighted by Gasteiger charge is 2.25. The molecule has 0 radical (unpaired) electrons. The van der Waals surface area contributed by atoms with Gasteiger partial charge in [-0.2, -0.15) is 0 Å². The summed E-state index contributed by atoms with van der Waals surface area (Å²) < 4.78 is 17.4. The van der Waals surface area contributed by atoms with E-state index in [2.05, 4.69) is 19.2 Å². The maximum absolute atomic E-state index is 12.6. The molecule has 0 fully saturated rings. The summed E-state index contributed by atoms with van der Waals surface area (Å²) in [6, 6.07) is -0.781. The van der Waals surface area contributed by atoms with Gasteiger partial charge in [0.1, 0.15) is 0 Å². The number of allylic oxidation sites excluding steroid dienone is 1. The molecule has 0 saturated heterocycles. The number of aliphatic hydroxyl groups is 1. The van der Waals surface area contributed by atoms with Crippen molar-refractivity contribution in [2.75, 3.05) is 19.3 Å². The molecule has 0 aliphatic rings. The minimum absolute atomic E-state index is 0.0330. The van der Waals surface area contributed by atoms with E-state index >= 15 is 0 Å². The summed E-state index contributed by atoms with van der Waals surface area (Å²) in [5.41, 5.74) is 5.42. The van der Waals surface area contributed by atoms with Crippen LogP contribution in [0.1, 0.15) is 181 Å². The van der Waals surface area contributed by atoms with Crippen LogP contribution >= 0.6 is 7.60 Å². The zero-order valence-electron chi connectivity index (χ0n) is 29.0. The fraction of sp³-hybridized carbons (Fsp3) is 0.917. The van der Waals surface area contributed by atoms with Crippen LogP contribution in [0, 0.1) is 0 Å². The number of unbranched alkanes of at least 4 members (excludes halogenated alkanes) is 23. The monoisotopic (exact) mass is 645 g/mol. The second kappa shape index (κ2) is 32.2. The lowest BCUT2D eigenvalue weighted by Gasteiger charge is -2.23. The predicted octanol–water partition coefficient (Wildman–Crippen LogP) is 9.73. The van der Waals surface area contributed by atoms with Gasteiger partial charge < -0.3 is 25.6 Å². The summed E-state index contributed by atoms with van der Waals surface area (Å²) in [6.07, 6.45) is 34.1. The summed E-state index contributed by atoms with van der Waals surface area (Å²) in [4.78, 5) is 22.6. The van der Waals surface area contributed by atoms with Crippen molar-refractivity contribution in [3.63, 3.8) is 0 Å². The minimum Gasteiger partial charge on any atom is -0.387 e. The molecule has 0 aromatic heterocycles. The smallest absolute Gasteiger partial charge is 0.329 e. The Morgan fingerprint density at radius 3 is 1.57 bits per heavy atom. The first-order chi connectivity index (χ1) is 21.4. The fourth-order valence-corrected chi connectivity index (χ4v) is 6.38. The van der Waals surface area contributed by atoms with Gasteiger partial charge in [-0.1, -0.05) is 167 Å². The van der Waals surface area contributed by atoms with Crippen LogP contribution in [0.5, 0.6) is 0 Å². The molecule has 44 heavy (non-hydrogen) atoms. The van der Waals surface area contributed by atoms with Crippen LogP contribution in [0.2, 0.25) is 0 Å². The first-order valence-corrected chi connectivity index (χ1v) is 20.4. The van der Waals surface area contributed by atoms with Crippen LogP contribution < -0.4 is 11.1 Å². The second-order valence-corrected chi connectivity index (χ2v) is 14.8. The predicted molar refractivity (Wildman–Crippen MR) is 188 cm³/mol. The van der Waals surface area contributed by atoms with Crippen LogP contribution in [0.4, 0.5) is 0 Å². The van der Waals surface area contributed by atoms with Crippen LogP contribution in [0.25, 0.3) is 0 Å². The van der Waals surface area contributed by atoms with E-state index in [0.29, 0.717) is 6.42 Å². The average Bonchev–Trinajstić information content (AvgIpc) is 2.99. The number of carbonyl (C=O) groups excluding carboxylic acids is 1. The van der Waals surface area contributed by atoms with E-state index in [-0.39, 0.29) is 25.2 Å². The normalized spacial score (nSPS) is 14.6. The lowest BCUT2D eigenvalue weighted by atomic mass is 10.0. The number of nitrogens with one attached hydrogen (secondary N) is 1. The average molecular weight is 645 g/mol. The van der Waals surface area contributed by atoms with Crippen LogP contribution in [0.15, 0.2) is 12.2 Å². The van der Waals surface area contributed by atoms with Crippen molar-refractivity contribution < 1.29 is 23.9 Å². The number of amides is 1. The number of carbonyl (C=O) groups is 1. The topological polar surface area (TPSA) is 122 Å². The molecule has 262 valence electrons. The molecule has 0 spiro atoms. The van der Waals surface area contributed by atoms with Gasteiger partial charge in [0.2, 0.25) is 5.91 Å². The number of nitrogens with two attached hydrogens (primary N) is 1. The SMILES string of the molecule is CCCCCCCCCCCCCC=C[C@H](O)[C@@H](COP(=O)(O)CCN)NC(=O)CCCCCCCCCCCCCCC. The van der Waals surface area contributed by atoms with Gasteiger partial charge in [-0.15, -0.1) is 0 Å². The van der Waals surface area contributed by atoms with Crippen LogP contribution in [0.3, 0.4) is 0 Å². The highest BCUT2D eigenvalue weighted by atomic mass is 31.2. The number of hydrogen-bond donors (Lipinski definition) is 4. The van der Waals surface area contributed by atoms with E-state index in [0.717, 1.165) is 32.1 Å². The summed E-state index contributed by atoms with van der Waals surface area (Å²) in [6.45, 7) is 4.31. The number of aliphatic hydroxyl groups excluding tert-OH is 1. The molecule has 0 aliphatic heterocycles. The first kappa shape index (κ1) is 43.3. The van der Waals surface area contributed by atoms with Crippen molar-refractivity contribution in [3.05, 3.63) is 12.2 Å². The van der Waals surface area contributed by atoms with Gasteiger partial charge in [0, 0.05) is 13.0 Å². The molecule has 0 aliphatic carbocycles.